The molecule has 5 nitrogen and oxygen atoms in total. The van der Waals surface area contributed by atoms with Crippen LogP contribution in [0.5, 0.6) is 0 Å². The van der Waals surface area contributed by atoms with Crippen LogP contribution in [0.2, 0.25) is 0 Å². The summed E-state index contributed by atoms with van der Waals surface area (Å²) >= 11 is 1.49. The van der Waals surface area contributed by atoms with E-state index in [2.05, 4.69) is 9.71 Å². The molecule has 0 radical (unpaired) electrons. The average molecular weight is 359 g/mol. The molecule has 1 aliphatic rings. The van der Waals surface area contributed by atoms with Crippen LogP contribution in [0.3, 0.4) is 0 Å². The molecule has 23 heavy (non-hydrogen) atoms. The van der Waals surface area contributed by atoms with E-state index in [9.17, 15) is 17.2 Å². The lowest BCUT2D eigenvalue weighted by Gasteiger charge is -2.24. The summed E-state index contributed by atoms with van der Waals surface area (Å²) in [6.07, 6.45) is 3.47. The van der Waals surface area contributed by atoms with Crippen molar-refractivity contribution in [3.8, 4) is 0 Å². The topological polar surface area (TPSA) is 62.3 Å². The molecule has 1 fully saturated rings. The summed E-state index contributed by atoms with van der Waals surface area (Å²) < 4.78 is 53.4. The van der Waals surface area contributed by atoms with Gasteiger partial charge in [-0.1, -0.05) is 0 Å². The standard InChI is InChI=1S/C14H15F2N3O2S2/c15-10-3-4-13(12(16)8-10)23(20,21)18-9-11-2-1-6-19(11)14-17-5-7-22-14/h3-5,7-8,11,18H,1-2,6,9H2. The van der Waals surface area contributed by atoms with Crippen LogP contribution >= 0.6 is 11.3 Å². The van der Waals surface area contributed by atoms with Crippen molar-refractivity contribution in [2.24, 2.45) is 0 Å². The van der Waals surface area contributed by atoms with Gasteiger partial charge in [0.2, 0.25) is 10.0 Å². The predicted octanol–water partition coefficient (Wildman–Crippen LogP) is 2.37. The number of sulfonamides is 1. The van der Waals surface area contributed by atoms with Crippen LogP contribution in [0.25, 0.3) is 0 Å². The smallest absolute Gasteiger partial charge is 0.243 e. The first-order valence-corrected chi connectivity index (χ1v) is 9.44. The van der Waals surface area contributed by atoms with E-state index in [4.69, 9.17) is 0 Å². The second-order valence-electron chi connectivity index (χ2n) is 5.23. The van der Waals surface area contributed by atoms with E-state index in [1.54, 1.807) is 6.20 Å². The van der Waals surface area contributed by atoms with E-state index >= 15 is 0 Å². The number of hydrogen-bond acceptors (Lipinski definition) is 5. The molecule has 0 saturated carbocycles. The largest absolute Gasteiger partial charge is 0.344 e. The van der Waals surface area contributed by atoms with Gasteiger partial charge in [0.15, 0.2) is 5.13 Å². The SMILES string of the molecule is O=S(=O)(NCC1CCCN1c1nccs1)c1ccc(F)cc1F. The lowest BCUT2D eigenvalue weighted by atomic mass is 10.2. The predicted molar refractivity (Wildman–Crippen MR) is 84.0 cm³/mol. The van der Waals surface area contributed by atoms with Gasteiger partial charge in [0.05, 0.1) is 0 Å². The number of rotatable bonds is 5. The number of thiazole rings is 1. The van der Waals surface area contributed by atoms with E-state index in [0.717, 1.165) is 36.7 Å². The van der Waals surface area contributed by atoms with E-state index in [1.165, 1.54) is 11.3 Å². The Labute approximate surface area is 137 Å². The van der Waals surface area contributed by atoms with Crippen molar-refractivity contribution in [1.82, 2.24) is 9.71 Å². The van der Waals surface area contributed by atoms with Crippen molar-refractivity contribution in [3.05, 3.63) is 41.4 Å². The van der Waals surface area contributed by atoms with Crippen molar-refractivity contribution in [2.75, 3.05) is 18.0 Å². The number of benzene rings is 1. The first-order chi connectivity index (χ1) is 11.0. The Bertz CT molecular complexity index is 781. The zero-order valence-electron chi connectivity index (χ0n) is 12.1. The molecule has 1 aromatic carbocycles. The maximum Gasteiger partial charge on any atom is 0.243 e. The molecule has 0 amide bonds. The number of hydrogen-bond donors (Lipinski definition) is 1. The third kappa shape index (κ3) is 3.51. The molecular weight excluding hydrogens is 344 g/mol. The molecule has 1 aromatic heterocycles. The van der Waals surface area contributed by atoms with Crippen LogP contribution in [-0.2, 0) is 10.0 Å². The van der Waals surface area contributed by atoms with E-state index < -0.39 is 26.6 Å². The van der Waals surface area contributed by atoms with Crippen molar-refractivity contribution < 1.29 is 17.2 Å². The fraction of sp³-hybridized carbons (Fsp3) is 0.357. The minimum absolute atomic E-state index is 0.0283. The van der Waals surface area contributed by atoms with Crippen LogP contribution < -0.4 is 9.62 Å². The summed E-state index contributed by atoms with van der Waals surface area (Å²) in [4.78, 5) is 5.75. The number of halogens is 2. The first kappa shape index (κ1) is 16.3. The Kier molecular flexibility index (Phi) is 4.60. The molecule has 124 valence electrons. The molecule has 2 aromatic rings. The zero-order chi connectivity index (χ0) is 16.4. The molecule has 0 spiro atoms. The molecule has 0 bridgehead atoms. The summed E-state index contributed by atoms with van der Waals surface area (Å²) in [5.74, 6) is -1.91. The highest BCUT2D eigenvalue weighted by molar-refractivity contribution is 7.89. The average Bonchev–Trinajstić information content (AvgIpc) is 3.15. The van der Waals surface area contributed by atoms with Gasteiger partial charge in [-0.15, -0.1) is 11.3 Å². The lowest BCUT2D eigenvalue weighted by molar-refractivity contribution is 0.538. The molecule has 0 aliphatic carbocycles. The van der Waals surface area contributed by atoms with Crippen molar-refractivity contribution in [2.45, 2.75) is 23.8 Å². The molecule has 1 aliphatic heterocycles. The second-order valence-corrected chi connectivity index (χ2v) is 7.84. The minimum Gasteiger partial charge on any atom is -0.344 e. The third-order valence-corrected chi connectivity index (χ3v) is 6.00. The lowest BCUT2D eigenvalue weighted by Crippen LogP contribution is -2.40. The molecule has 3 rings (SSSR count). The quantitative estimate of drug-likeness (QED) is 0.890. The Morgan fingerprint density at radius 3 is 2.91 bits per heavy atom. The number of nitrogens with zero attached hydrogens (tertiary/aromatic N) is 2. The van der Waals surface area contributed by atoms with Crippen LogP contribution in [0, 0.1) is 11.6 Å². The number of aromatic nitrogens is 1. The highest BCUT2D eigenvalue weighted by Crippen LogP contribution is 2.27. The fourth-order valence-corrected chi connectivity index (χ4v) is 4.51. The molecule has 2 heterocycles. The molecule has 9 heteroatoms. The monoisotopic (exact) mass is 359 g/mol. The minimum atomic E-state index is -4.02. The highest BCUT2D eigenvalue weighted by atomic mass is 32.2. The van der Waals surface area contributed by atoms with Crippen molar-refractivity contribution >= 4 is 26.5 Å². The van der Waals surface area contributed by atoms with Crippen molar-refractivity contribution in [1.29, 1.82) is 0 Å². The highest BCUT2D eigenvalue weighted by Gasteiger charge is 2.28. The van der Waals surface area contributed by atoms with Crippen LogP contribution in [0.15, 0.2) is 34.7 Å². The summed E-state index contributed by atoms with van der Waals surface area (Å²) in [5.41, 5.74) is 0. The van der Waals surface area contributed by atoms with Gasteiger partial charge in [-0.05, 0) is 25.0 Å². The Balaban J connectivity index is 1.71. The van der Waals surface area contributed by atoms with E-state index in [-0.39, 0.29) is 12.6 Å². The van der Waals surface area contributed by atoms with Gasteiger partial charge in [-0.2, -0.15) is 0 Å². The van der Waals surface area contributed by atoms with Gasteiger partial charge in [0, 0.05) is 36.8 Å². The Morgan fingerprint density at radius 1 is 1.39 bits per heavy atom. The molecular formula is C14H15F2N3O2S2. The summed E-state index contributed by atoms with van der Waals surface area (Å²) in [6, 6.07) is 2.39. The van der Waals surface area contributed by atoms with Gasteiger partial charge >= 0.3 is 0 Å². The molecule has 1 N–H and O–H groups in total. The Morgan fingerprint density at radius 2 is 2.22 bits per heavy atom. The maximum atomic E-state index is 13.7. The molecule has 1 atom stereocenters. The molecule has 1 saturated heterocycles. The summed E-state index contributed by atoms with van der Waals surface area (Å²) in [7, 11) is -4.02. The normalized spacial score (nSPS) is 18.5. The van der Waals surface area contributed by atoms with Crippen LogP contribution in [0.4, 0.5) is 13.9 Å². The summed E-state index contributed by atoms with van der Waals surface area (Å²) in [5, 5.41) is 2.71. The fourth-order valence-electron chi connectivity index (χ4n) is 2.63. The van der Waals surface area contributed by atoms with Gasteiger partial charge in [0.1, 0.15) is 16.5 Å². The van der Waals surface area contributed by atoms with Gasteiger partial charge in [0.25, 0.3) is 0 Å². The summed E-state index contributed by atoms with van der Waals surface area (Å²) in [6.45, 7) is 0.962. The molecule has 1 unspecified atom stereocenters. The third-order valence-electron chi connectivity index (χ3n) is 3.73. The van der Waals surface area contributed by atoms with E-state index in [1.807, 2.05) is 10.3 Å². The number of anilines is 1. The zero-order valence-corrected chi connectivity index (χ0v) is 13.7. The van der Waals surface area contributed by atoms with Crippen LogP contribution in [-0.4, -0.2) is 32.5 Å². The first-order valence-electron chi connectivity index (χ1n) is 7.08. The maximum absolute atomic E-state index is 13.7. The van der Waals surface area contributed by atoms with Gasteiger partial charge in [-0.25, -0.2) is 26.9 Å². The second kappa shape index (κ2) is 6.50. The van der Waals surface area contributed by atoms with Crippen molar-refractivity contribution in [3.63, 3.8) is 0 Å². The van der Waals surface area contributed by atoms with E-state index in [0.29, 0.717) is 6.07 Å². The Hall–Kier alpha value is -1.58. The van der Waals surface area contributed by atoms with Crippen LogP contribution in [0.1, 0.15) is 12.8 Å². The number of nitrogens with one attached hydrogen (secondary N) is 1. The van der Waals surface area contributed by atoms with Gasteiger partial charge in [-0.3, -0.25) is 0 Å². The van der Waals surface area contributed by atoms with Gasteiger partial charge < -0.3 is 4.90 Å².